The van der Waals surface area contributed by atoms with Crippen LogP contribution in [0.3, 0.4) is 0 Å². The summed E-state index contributed by atoms with van der Waals surface area (Å²) in [6.07, 6.45) is 5.91. The van der Waals surface area contributed by atoms with Crippen LogP contribution in [0.25, 0.3) is 6.08 Å². The topological polar surface area (TPSA) is 0 Å². The van der Waals surface area contributed by atoms with Crippen LogP contribution in [0.15, 0.2) is 18.7 Å². The lowest BCUT2D eigenvalue weighted by atomic mass is 10.1. The van der Waals surface area contributed by atoms with Crippen LogP contribution in [0, 0.1) is 20.8 Å². The lowest BCUT2D eigenvalue weighted by Crippen LogP contribution is -1.74. The molecule has 1 heterocycles. The monoisotopic (exact) mass is 208 g/mol. The van der Waals surface area contributed by atoms with E-state index in [9.17, 15) is 0 Å². The van der Waals surface area contributed by atoms with Crippen LogP contribution >= 0.6 is 11.3 Å². The van der Waals surface area contributed by atoms with Crippen molar-refractivity contribution >= 4 is 17.4 Å². The number of hydrogen-bond acceptors (Lipinski definition) is 1. The summed E-state index contributed by atoms with van der Waals surface area (Å²) in [5, 5.41) is 0. The van der Waals surface area contributed by atoms with Crippen molar-refractivity contribution in [3.63, 3.8) is 0 Å². The van der Waals surface area contributed by atoms with E-state index in [0.717, 1.165) is 0 Å². The van der Waals surface area contributed by atoms with Crippen molar-refractivity contribution in [2.24, 2.45) is 0 Å². The lowest BCUT2D eigenvalue weighted by molar-refractivity contribution is 1.34. The van der Waals surface area contributed by atoms with Gasteiger partial charge in [-0.2, -0.15) is 0 Å². The number of aryl methyl sites for hydroxylation is 1. The zero-order valence-electron chi connectivity index (χ0n) is 9.85. The van der Waals surface area contributed by atoms with Crippen LogP contribution < -0.4 is 0 Å². The molecule has 0 spiro atoms. The van der Waals surface area contributed by atoms with E-state index in [1.54, 1.807) is 0 Å². The Morgan fingerprint density at radius 1 is 1.07 bits per heavy atom. The predicted molar refractivity (Wildman–Crippen MR) is 69.1 cm³/mol. The van der Waals surface area contributed by atoms with Gasteiger partial charge in [0.25, 0.3) is 0 Å². The van der Waals surface area contributed by atoms with Gasteiger partial charge in [0, 0.05) is 9.75 Å². The van der Waals surface area contributed by atoms with E-state index < -0.39 is 0 Å². The molecule has 0 fully saturated rings. The highest BCUT2D eigenvalue weighted by molar-refractivity contribution is 7.13. The van der Waals surface area contributed by atoms with Crippen LogP contribution in [0.5, 0.6) is 0 Å². The standard InChI is InChI=1S/C11H14S.C2H6/c1-5-6-7-11-9(3)8(2)10(4)12-11;1-2/h5-7H,1H2,2-4H3;1-2H3/b7-6-;. The van der Waals surface area contributed by atoms with Crippen LogP contribution in [-0.4, -0.2) is 0 Å². The number of rotatable bonds is 2. The first-order valence-corrected chi connectivity index (χ1v) is 5.84. The first kappa shape index (κ1) is 13.2. The SMILES string of the molecule is C=C/C=C\c1sc(C)c(C)c1C.CC. The van der Waals surface area contributed by atoms with Gasteiger partial charge >= 0.3 is 0 Å². The van der Waals surface area contributed by atoms with E-state index in [1.165, 1.54) is 20.9 Å². The molecule has 0 aromatic carbocycles. The Morgan fingerprint density at radius 3 is 2.00 bits per heavy atom. The van der Waals surface area contributed by atoms with Crippen LogP contribution in [0.2, 0.25) is 0 Å². The van der Waals surface area contributed by atoms with Gasteiger partial charge < -0.3 is 0 Å². The lowest BCUT2D eigenvalue weighted by Gasteiger charge is -1.90. The normalized spacial score (nSPS) is 9.79. The fourth-order valence-corrected chi connectivity index (χ4v) is 2.17. The van der Waals surface area contributed by atoms with Crippen molar-refractivity contribution in [3.8, 4) is 0 Å². The van der Waals surface area contributed by atoms with Crippen LogP contribution in [0.4, 0.5) is 0 Å². The minimum Gasteiger partial charge on any atom is -0.141 e. The molecular formula is C13H20S. The number of allylic oxidation sites excluding steroid dienone is 2. The van der Waals surface area contributed by atoms with Crippen molar-refractivity contribution in [3.05, 3.63) is 39.6 Å². The number of hydrogen-bond donors (Lipinski definition) is 0. The minimum atomic E-state index is 1.35. The Labute approximate surface area is 92.0 Å². The quantitative estimate of drug-likeness (QED) is 0.606. The Balaban J connectivity index is 0.000000791. The minimum absolute atomic E-state index is 1.35. The van der Waals surface area contributed by atoms with Crippen molar-refractivity contribution in [2.75, 3.05) is 0 Å². The zero-order chi connectivity index (χ0) is 11.1. The molecular weight excluding hydrogens is 188 g/mol. The van der Waals surface area contributed by atoms with Gasteiger partial charge in [0.1, 0.15) is 0 Å². The molecule has 0 nitrogen and oxygen atoms in total. The Morgan fingerprint density at radius 2 is 1.64 bits per heavy atom. The third-order valence-electron chi connectivity index (χ3n) is 2.11. The van der Waals surface area contributed by atoms with E-state index in [0.29, 0.717) is 0 Å². The van der Waals surface area contributed by atoms with E-state index in [1.807, 2.05) is 37.3 Å². The van der Waals surface area contributed by atoms with Crippen molar-refractivity contribution in [1.29, 1.82) is 0 Å². The Bertz CT molecular complexity index is 316. The molecule has 1 aromatic heterocycles. The maximum absolute atomic E-state index is 3.65. The maximum Gasteiger partial charge on any atom is 0.0305 e. The number of thiophene rings is 1. The third-order valence-corrected chi connectivity index (χ3v) is 3.38. The maximum atomic E-state index is 3.65. The molecule has 0 saturated carbocycles. The molecule has 0 aliphatic carbocycles. The van der Waals surface area contributed by atoms with Gasteiger partial charge in [0.15, 0.2) is 0 Å². The second-order valence-corrected chi connectivity index (χ2v) is 4.12. The van der Waals surface area contributed by atoms with Crippen LogP contribution in [-0.2, 0) is 0 Å². The second-order valence-electron chi connectivity index (χ2n) is 2.87. The molecule has 78 valence electrons. The highest BCUT2D eigenvalue weighted by Gasteiger charge is 2.04. The average molecular weight is 208 g/mol. The Hall–Kier alpha value is -0.820. The molecule has 14 heavy (non-hydrogen) atoms. The second kappa shape index (κ2) is 6.61. The molecule has 1 rings (SSSR count). The fourth-order valence-electron chi connectivity index (χ4n) is 1.08. The van der Waals surface area contributed by atoms with E-state index >= 15 is 0 Å². The largest absolute Gasteiger partial charge is 0.141 e. The summed E-state index contributed by atoms with van der Waals surface area (Å²) in [5.41, 5.74) is 2.82. The van der Waals surface area contributed by atoms with Crippen molar-refractivity contribution < 1.29 is 0 Å². The predicted octanol–water partition coefficient (Wildman–Crippen LogP) is 4.90. The highest BCUT2D eigenvalue weighted by atomic mass is 32.1. The molecule has 0 N–H and O–H groups in total. The molecule has 0 aliphatic rings. The first-order valence-electron chi connectivity index (χ1n) is 5.02. The van der Waals surface area contributed by atoms with Crippen molar-refractivity contribution in [2.45, 2.75) is 34.6 Å². The molecule has 0 amide bonds. The molecule has 1 aromatic rings. The fraction of sp³-hybridized carbons (Fsp3) is 0.385. The average Bonchev–Trinajstić information content (AvgIpc) is 2.46. The molecule has 0 saturated heterocycles. The van der Waals surface area contributed by atoms with Gasteiger partial charge in [0.2, 0.25) is 0 Å². The van der Waals surface area contributed by atoms with Crippen molar-refractivity contribution in [1.82, 2.24) is 0 Å². The third kappa shape index (κ3) is 3.15. The summed E-state index contributed by atoms with van der Waals surface area (Å²) in [6.45, 7) is 14.2. The summed E-state index contributed by atoms with van der Waals surface area (Å²) in [5.74, 6) is 0. The summed E-state index contributed by atoms with van der Waals surface area (Å²) >= 11 is 1.85. The highest BCUT2D eigenvalue weighted by Crippen LogP contribution is 2.27. The van der Waals surface area contributed by atoms with Gasteiger partial charge in [-0.3, -0.25) is 0 Å². The summed E-state index contributed by atoms with van der Waals surface area (Å²) < 4.78 is 0. The smallest absolute Gasteiger partial charge is 0.0305 e. The van der Waals surface area contributed by atoms with Gasteiger partial charge in [-0.15, -0.1) is 11.3 Å². The summed E-state index contributed by atoms with van der Waals surface area (Å²) in [4.78, 5) is 2.76. The summed E-state index contributed by atoms with van der Waals surface area (Å²) in [6, 6.07) is 0. The molecule has 1 heteroatoms. The van der Waals surface area contributed by atoms with Gasteiger partial charge in [-0.1, -0.05) is 32.6 Å². The molecule has 0 radical (unpaired) electrons. The van der Waals surface area contributed by atoms with E-state index in [-0.39, 0.29) is 0 Å². The molecule has 0 bridgehead atoms. The molecule has 0 unspecified atom stereocenters. The molecule has 0 atom stereocenters. The van der Waals surface area contributed by atoms with Gasteiger partial charge in [0.05, 0.1) is 0 Å². The van der Waals surface area contributed by atoms with Gasteiger partial charge in [-0.05, 0) is 38.0 Å². The van der Waals surface area contributed by atoms with Gasteiger partial charge in [-0.25, -0.2) is 0 Å². The summed E-state index contributed by atoms with van der Waals surface area (Å²) in [7, 11) is 0. The Kier molecular flexibility index (Phi) is 6.22. The zero-order valence-corrected chi connectivity index (χ0v) is 10.7. The van der Waals surface area contributed by atoms with Crippen LogP contribution in [0.1, 0.15) is 34.7 Å². The van der Waals surface area contributed by atoms with E-state index in [4.69, 9.17) is 0 Å². The first-order chi connectivity index (χ1) is 6.66. The van der Waals surface area contributed by atoms with E-state index in [2.05, 4.69) is 33.4 Å². The molecule has 0 aliphatic heterocycles.